The highest BCUT2D eigenvalue weighted by atomic mass is 19.1. The Morgan fingerprint density at radius 1 is 1.21 bits per heavy atom. The van der Waals surface area contributed by atoms with Crippen molar-refractivity contribution in [2.45, 2.75) is 32.1 Å². The Morgan fingerprint density at radius 2 is 2.08 bits per heavy atom. The highest BCUT2D eigenvalue weighted by Crippen LogP contribution is 2.35. The number of anilines is 1. The number of piperidine rings is 1. The number of hydrogen-bond acceptors (Lipinski definition) is 3. The van der Waals surface area contributed by atoms with E-state index in [1.165, 1.54) is 31.5 Å². The molecule has 0 unspecified atom stereocenters. The third-order valence-corrected chi connectivity index (χ3v) is 5.60. The lowest BCUT2D eigenvalue weighted by atomic mass is 9.81. The van der Waals surface area contributed by atoms with Gasteiger partial charge in [-0.3, -0.25) is 4.79 Å². The number of nitrogens with zero attached hydrogens (tertiary/aromatic N) is 1. The molecule has 5 heteroatoms. The topological polar surface area (TPSA) is 41.6 Å². The monoisotopic (exact) mass is 332 g/mol. The lowest BCUT2D eigenvalue weighted by molar-refractivity contribution is -0.118. The third-order valence-electron chi connectivity index (χ3n) is 5.60. The van der Waals surface area contributed by atoms with Gasteiger partial charge in [0, 0.05) is 25.6 Å². The first-order chi connectivity index (χ1) is 11.7. The van der Waals surface area contributed by atoms with E-state index in [1.54, 1.807) is 6.07 Å². The minimum atomic E-state index is -0.360. The number of rotatable bonds is 2. The molecule has 4 nitrogen and oxygen atoms in total. The van der Waals surface area contributed by atoms with Crippen LogP contribution in [-0.2, 0) is 4.79 Å². The summed E-state index contributed by atoms with van der Waals surface area (Å²) in [6.07, 6.45) is 5.31. The first kappa shape index (κ1) is 15.9. The molecule has 4 rings (SSSR count). The van der Waals surface area contributed by atoms with E-state index in [2.05, 4.69) is 10.2 Å². The Kier molecular flexibility index (Phi) is 4.44. The molecule has 1 aromatic rings. The van der Waals surface area contributed by atoms with Gasteiger partial charge in [-0.2, -0.15) is 0 Å². The standard InChI is InChI=1S/C19H25FN2O2/c20-16-3-4-18-17(10-16)21-19(23)9-14-5-7-22(11-13-1-2-13)12-15(14)6-8-24-18/h3-4,10,13-15H,1-2,5-9,11-12H2,(H,21,23)/t14-,15-/m0/s1. The Balaban J connectivity index is 1.47. The predicted octanol–water partition coefficient (Wildman–Crippen LogP) is 3.28. The second kappa shape index (κ2) is 6.71. The van der Waals surface area contributed by atoms with Crippen LogP contribution in [0.5, 0.6) is 5.75 Å². The Labute approximate surface area is 142 Å². The minimum Gasteiger partial charge on any atom is -0.491 e. The molecule has 1 aliphatic carbocycles. The van der Waals surface area contributed by atoms with E-state index in [4.69, 9.17) is 4.74 Å². The molecule has 2 aliphatic heterocycles. The van der Waals surface area contributed by atoms with Crippen LogP contribution >= 0.6 is 0 Å². The second-order valence-electron chi connectivity index (χ2n) is 7.54. The van der Waals surface area contributed by atoms with Gasteiger partial charge in [0.2, 0.25) is 5.91 Å². The fourth-order valence-electron chi connectivity index (χ4n) is 4.07. The van der Waals surface area contributed by atoms with Crippen molar-refractivity contribution in [1.82, 2.24) is 4.90 Å². The van der Waals surface area contributed by atoms with Crippen LogP contribution < -0.4 is 10.1 Å². The zero-order valence-electron chi connectivity index (χ0n) is 14.0. The smallest absolute Gasteiger partial charge is 0.224 e. The Hall–Kier alpha value is -1.62. The average Bonchev–Trinajstić information content (AvgIpc) is 3.35. The van der Waals surface area contributed by atoms with Crippen molar-refractivity contribution in [3.63, 3.8) is 0 Å². The van der Waals surface area contributed by atoms with Crippen molar-refractivity contribution >= 4 is 11.6 Å². The maximum Gasteiger partial charge on any atom is 0.224 e. The van der Waals surface area contributed by atoms with Gasteiger partial charge in [-0.05, 0) is 62.1 Å². The number of fused-ring (bicyclic) bond motifs is 2. The van der Waals surface area contributed by atoms with Crippen LogP contribution in [0.25, 0.3) is 0 Å². The first-order valence-electron chi connectivity index (χ1n) is 9.12. The van der Waals surface area contributed by atoms with Crippen LogP contribution in [0.15, 0.2) is 18.2 Å². The molecule has 1 saturated carbocycles. The number of ether oxygens (including phenoxy) is 1. The van der Waals surface area contributed by atoms with Crippen molar-refractivity contribution in [3.05, 3.63) is 24.0 Å². The highest BCUT2D eigenvalue weighted by Gasteiger charge is 2.34. The van der Waals surface area contributed by atoms with Gasteiger partial charge in [0.1, 0.15) is 11.6 Å². The van der Waals surface area contributed by atoms with Crippen LogP contribution in [0, 0.1) is 23.6 Å². The van der Waals surface area contributed by atoms with Gasteiger partial charge in [-0.25, -0.2) is 4.39 Å². The molecule has 2 atom stereocenters. The van der Waals surface area contributed by atoms with Crippen molar-refractivity contribution < 1.29 is 13.9 Å². The van der Waals surface area contributed by atoms with Gasteiger partial charge < -0.3 is 15.0 Å². The summed E-state index contributed by atoms with van der Waals surface area (Å²) in [4.78, 5) is 15.0. The summed E-state index contributed by atoms with van der Waals surface area (Å²) in [6.45, 7) is 4.01. The summed E-state index contributed by atoms with van der Waals surface area (Å²) in [6, 6.07) is 4.31. The van der Waals surface area contributed by atoms with Gasteiger partial charge >= 0.3 is 0 Å². The van der Waals surface area contributed by atoms with Gasteiger partial charge in [0.15, 0.2) is 0 Å². The molecule has 2 heterocycles. The maximum atomic E-state index is 13.4. The largest absolute Gasteiger partial charge is 0.491 e. The van der Waals surface area contributed by atoms with Gasteiger partial charge in [-0.1, -0.05) is 0 Å². The fourth-order valence-corrected chi connectivity index (χ4v) is 4.07. The van der Waals surface area contributed by atoms with Crippen molar-refractivity contribution in [2.24, 2.45) is 17.8 Å². The predicted molar refractivity (Wildman–Crippen MR) is 90.5 cm³/mol. The molecule has 1 saturated heterocycles. The molecule has 0 bridgehead atoms. The Bertz CT molecular complexity index is 617. The van der Waals surface area contributed by atoms with E-state index in [-0.39, 0.29) is 11.7 Å². The Morgan fingerprint density at radius 3 is 2.92 bits per heavy atom. The van der Waals surface area contributed by atoms with Crippen LogP contribution in [-0.4, -0.2) is 37.0 Å². The summed E-state index contributed by atoms with van der Waals surface area (Å²) in [5, 5.41) is 2.84. The van der Waals surface area contributed by atoms with Crippen LogP contribution in [0.1, 0.15) is 32.1 Å². The average molecular weight is 332 g/mol. The summed E-state index contributed by atoms with van der Waals surface area (Å²) < 4.78 is 19.3. The van der Waals surface area contributed by atoms with E-state index in [1.807, 2.05) is 0 Å². The third kappa shape index (κ3) is 3.72. The van der Waals surface area contributed by atoms with Gasteiger partial charge in [0.05, 0.1) is 12.3 Å². The first-order valence-corrected chi connectivity index (χ1v) is 9.12. The minimum absolute atomic E-state index is 0.0296. The molecule has 24 heavy (non-hydrogen) atoms. The highest BCUT2D eigenvalue weighted by molar-refractivity contribution is 5.92. The number of hydrogen-bond donors (Lipinski definition) is 1. The number of halogens is 1. The van der Waals surface area contributed by atoms with Crippen LogP contribution in [0.3, 0.4) is 0 Å². The molecule has 2 fully saturated rings. The van der Waals surface area contributed by atoms with Gasteiger partial charge in [0.25, 0.3) is 0 Å². The van der Waals surface area contributed by atoms with E-state index >= 15 is 0 Å². The number of benzene rings is 1. The molecule has 130 valence electrons. The summed E-state index contributed by atoms with van der Waals surface area (Å²) in [5.41, 5.74) is 0.449. The molecule has 1 aromatic carbocycles. The lowest BCUT2D eigenvalue weighted by Crippen LogP contribution is -2.43. The van der Waals surface area contributed by atoms with E-state index in [0.29, 0.717) is 36.3 Å². The summed E-state index contributed by atoms with van der Waals surface area (Å²) >= 11 is 0. The van der Waals surface area contributed by atoms with E-state index < -0.39 is 0 Å². The van der Waals surface area contributed by atoms with E-state index in [0.717, 1.165) is 31.8 Å². The molecular formula is C19H25FN2O2. The zero-order chi connectivity index (χ0) is 16.5. The second-order valence-corrected chi connectivity index (χ2v) is 7.54. The number of carbonyl (C=O) groups is 1. The molecule has 1 N–H and O–H groups in total. The van der Waals surface area contributed by atoms with Crippen LogP contribution in [0.2, 0.25) is 0 Å². The van der Waals surface area contributed by atoms with Crippen molar-refractivity contribution in [3.8, 4) is 5.75 Å². The lowest BCUT2D eigenvalue weighted by Gasteiger charge is -2.39. The maximum absolute atomic E-state index is 13.4. The molecular weight excluding hydrogens is 307 g/mol. The van der Waals surface area contributed by atoms with E-state index in [9.17, 15) is 9.18 Å². The summed E-state index contributed by atoms with van der Waals surface area (Å²) in [5.74, 6) is 1.99. The molecule has 0 spiro atoms. The number of nitrogens with one attached hydrogen (secondary N) is 1. The fraction of sp³-hybridized carbons (Fsp3) is 0.632. The van der Waals surface area contributed by atoms with Crippen LogP contribution in [0.4, 0.5) is 10.1 Å². The number of amides is 1. The van der Waals surface area contributed by atoms with Crippen molar-refractivity contribution in [1.29, 1.82) is 0 Å². The molecule has 3 aliphatic rings. The summed E-state index contributed by atoms with van der Waals surface area (Å²) in [7, 11) is 0. The number of carbonyl (C=O) groups excluding carboxylic acids is 1. The zero-order valence-corrected chi connectivity index (χ0v) is 14.0. The van der Waals surface area contributed by atoms with Crippen molar-refractivity contribution in [2.75, 3.05) is 31.6 Å². The molecule has 0 aromatic heterocycles. The SMILES string of the molecule is O=C1C[C@@H]2CCN(CC3CC3)C[C@@H]2CCOc2ccc(F)cc2N1. The quantitative estimate of drug-likeness (QED) is 0.904. The molecule has 0 radical (unpaired) electrons. The number of likely N-dealkylation sites (tertiary alicyclic amines) is 1. The normalized spacial score (nSPS) is 28.3. The molecule has 1 amide bonds. The van der Waals surface area contributed by atoms with Gasteiger partial charge in [-0.15, -0.1) is 0 Å².